The van der Waals surface area contributed by atoms with Crippen LogP contribution in [-0.2, 0) is 6.54 Å². The molecule has 1 atom stereocenters. The fourth-order valence-electron chi connectivity index (χ4n) is 4.49. The van der Waals surface area contributed by atoms with E-state index in [-0.39, 0.29) is 18.0 Å². The quantitative estimate of drug-likeness (QED) is 0.640. The van der Waals surface area contributed by atoms with Gasteiger partial charge in [-0.2, -0.15) is 0 Å². The van der Waals surface area contributed by atoms with E-state index in [1.54, 1.807) is 18.4 Å². The third-order valence-electron chi connectivity index (χ3n) is 6.39. The number of rotatable bonds is 7. The first-order chi connectivity index (χ1) is 14.6. The van der Waals surface area contributed by atoms with Crippen LogP contribution in [0.15, 0.2) is 58.3 Å². The van der Waals surface area contributed by atoms with Crippen LogP contribution in [0.1, 0.15) is 74.4 Å². The molecule has 2 aliphatic rings. The Morgan fingerprint density at radius 1 is 1.13 bits per heavy atom. The smallest absolute Gasteiger partial charge is 0.290 e. The third-order valence-corrected chi connectivity index (χ3v) is 6.39. The largest absolute Gasteiger partial charge is 0.459 e. The van der Waals surface area contributed by atoms with Crippen molar-refractivity contribution in [2.24, 2.45) is 5.73 Å². The predicted octanol–water partition coefficient (Wildman–Crippen LogP) is 5.45. The second-order valence-electron chi connectivity index (χ2n) is 8.68. The molecule has 1 aromatic carbocycles. The molecule has 4 rings (SSSR count). The normalized spacial score (nSPS) is 17.9. The van der Waals surface area contributed by atoms with Gasteiger partial charge in [-0.3, -0.25) is 4.79 Å². The molecule has 1 heterocycles. The van der Waals surface area contributed by atoms with Crippen molar-refractivity contribution in [1.29, 1.82) is 0 Å². The van der Waals surface area contributed by atoms with E-state index in [9.17, 15) is 4.79 Å². The van der Waals surface area contributed by atoms with Crippen LogP contribution in [0.3, 0.4) is 0 Å². The molecule has 0 spiro atoms. The van der Waals surface area contributed by atoms with Gasteiger partial charge in [0.25, 0.3) is 5.91 Å². The van der Waals surface area contributed by atoms with Gasteiger partial charge in [0.15, 0.2) is 5.76 Å². The van der Waals surface area contributed by atoms with Crippen LogP contribution in [0.4, 0.5) is 5.69 Å². The minimum atomic E-state index is -0.0111. The number of nitrogens with two attached hydrogens (primary N) is 1. The fourth-order valence-corrected chi connectivity index (χ4v) is 4.49. The van der Waals surface area contributed by atoms with Crippen LogP contribution < -0.4 is 11.1 Å². The Hall–Kier alpha value is -2.53. The van der Waals surface area contributed by atoms with Crippen molar-refractivity contribution >= 4 is 11.6 Å². The third kappa shape index (κ3) is 4.78. The Kier molecular flexibility index (Phi) is 6.58. The molecule has 5 nitrogen and oxygen atoms in total. The van der Waals surface area contributed by atoms with Crippen LogP contribution in [0.25, 0.3) is 0 Å². The monoisotopic (exact) mass is 407 g/mol. The van der Waals surface area contributed by atoms with E-state index >= 15 is 0 Å². The van der Waals surface area contributed by atoms with Crippen LogP contribution in [0, 0.1) is 0 Å². The molecule has 2 aliphatic carbocycles. The van der Waals surface area contributed by atoms with Gasteiger partial charge in [0.05, 0.1) is 6.26 Å². The number of hydrogen-bond acceptors (Lipinski definition) is 4. The molecule has 0 aliphatic heterocycles. The minimum Gasteiger partial charge on any atom is -0.459 e. The molecule has 1 aromatic heterocycles. The molecular formula is C25H33N3O2. The van der Waals surface area contributed by atoms with E-state index in [0.717, 1.165) is 42.6 Å². The maximum absolute atomic E-state index is 13.1. The average molecular weight is 408 g/mol. The molecule has 30 heavy (non-hydrogen) atoms. The summed E-state index contributed by atoms with van der Waals surface area (Å²) in [6.07, 6.45) is 10.9. The first-order valence-electron chi connectivity index (χ1n) is 11.3. The summed E-state index contributed by atoms with van der Waals surface area (Å²) in [5.74, 6) is 0.413. The Labute approximate surface area is 179 Å². The average Bonchev–Trinajstić information content (AvgIpc) is 3.26. The lowest BCUT2D eigenvalue weighted by Gasteiger charge is -2.34. The molecule has 0 saturated heterocycles. The van der Waals surface area contributed by atoms with E-state index in [1.807, 2.05) is 11.8 Å². The second kappa shape index (κ2) is 9.52. The van der Waals surface area contributed by atoms with Gasteiger partial charge in [-0.05, 0) is 74.4 Å². The van der Waals surface area contributed by atoms with Gasteiger partial charge in [-0.15, -0.1) is 0 Å². The number of carbonyl (C=O) groups is 1. The van der Waals surface area contributed by atoms with E-state index in [2.05, 4.69) is 29.6 Å². The highest BCUT2D eigenvalue weighted by Gasteiger charge is 2.28. The number of allylic oxidation sites excluding steroid dienone is 1. The number of nitrogens with one attached hydrogen (secondary N) is 1. The van der Waals surface area contributed by atoms with Crippen molar-refractivity contribution in [3.05, 3.63) is 65.3 Å². The zero-order chi connectivity index (χ0) is 20.9. The molecule has 0 radical (unpaired) electrons. The van der Waals surface area contributed by atoms with Crippen LogP contribution >= 0.6 is 0 Å². The Morgan fingerprint density at radius 2 is 1.87 bits per heavy atom. The summed E-state index contributed by atoms with van der Waals surface area (Å²) in [7, 11) is 0. The van der Waals surface area contributed by atoms with E-state index < -0.39 is 0 Å². The van der Waals surface area contributed by atoms with Crippen LogP contribution in [-0.4, -0.2) is 22.9 Å². The minimum absolute atomic E-state index is 0.00712. The highest BCUT2D eigenvalue weighted by molar-refractivity contribution is 5.91. The molecule has 2 fully saturated rings. The van der Waals surface area contributed by atoms with Gasteiger partial charge in [-0.1, -0.05) is 31.4 Å². The zero-order valence-corrected chi connectivity index (χ0v) is 17.9. The molecule has 3 N–H and O–H groups in total. The lowest BCUT2D eigenvalue weighted by molar-refractivity contribution is 0.0581. The number of amides is 1. The fraction of sp³-hybridized carbons (Fsp3) is 0.480. The Balaban J connectivity index is 1.48. The van der Waals surface area contributed by atoms with Gasteiger partial charge in [0.2, 0.25) is 0 Å². The molecule has 160 valence electrons. The molecule has 2 aromatic rings. The van der Waals surface area contributed by atoms with Crippen molar-refractivity contribution in [2.45, 2.75) is 76.9 Å². The molecule has 0 bridgehead atoms. The summed E-state index contributed by atoms with van der Waals surface area (Å²) >= 11 is 0. The number of furan rings is 1. The van der Waals surface area contributed by atoms with Crippen molar-refractivity contribution in [2.75, 3.05) is 5.32 Å². The van der Waals surface area contributed by atoms with E-state index in [1.165, 1.54) is 31.3 Å². The summed E-state index contributed by atoms with van der Waals surface area (Å²) in [5.41, 5.74) is 11.0. The first kappa shape index (κ1) is 20.7. The van der Waals surface area contributed by atoms with E-state index in [0.29, 0.717) is 12.3 Å². The number of nitrogens with zero attached hydrogens (tertiary/aromatic N) is 1. The Morgan fingerprint density at radius 3 is 2.43 bits per heavy atom. The zero-order valence-electron chi connectivity index (χ0n) is 17.9. The van der Waals surface area contributed by atoms with Gasteiger partial charge >= 0.3 is 0 Å². The van der Waals surface area contributed by atoms with E-state index in [4.69, 9.17) is 10.2 Å². The second-order valence-corrected chi connectivity index (χ2v) is 8.68. The number of benzene rings is 1. The summed E-state index contributed by atoms with van der Waals surface area (Å²) in [5, 5.41) is 3.53. The maximum atomic E-state index is 13.1. The van der Waals surface area contributed by atoms with Crippen LogP contribution in [0.2, 0.25) is 0 Å². The number of anilines is 1. The lowest BCUT2D eigenvalue weighted by atomic mass is 9.88. The summed E-state index contributed by atoms with van der Waals surface area (Å²) in [6.45, 7) is 2.63. The SMILES string of the molecule is CC(N)C(Nc1ccc(CN(C(=O)c2ccco2)C2CCCCC2)cc1)=C1CCC1. The molecule has 5 heteroatoms. The van der Waals surface area contributed by atoms with Gasteiger partial charge in [0.1, 0.15) is 0 Å². The highest BCUT2D eigenvalue weighted by atomic mass is 16.3. The summed E-state index contributed by atoms with van der Waals surface area (Å²) in [4.78, 5) is 15.1. The summed E-state index contributed by atoms with van der Waals surface area (Å²) in [6, 6.07) is 12.2. The van der Waals surface area contributed by atoms with Crippen molar-refractivity contribution in [1.82, 2.24) is 4.90 Å². The van der Waals surface area contributed by atoms with Gasteiger partial charge in [-0.25, -0.2) is 0 Å². The topological polar surface area (TPSA) is 71.5 Å². The molecule has 1 amide bonds. The molecule has 2 saturated carbocycles. The maximum Gasteiger partial charge on any atom is 0.290 e. The number of carbonyl (C=O) groups excluding carboxylic acids is 1. The predicted molar refractivity (Wildman–Crippen MR) is 120 cm³/mol. The highest BCUT2D eigenvalue weighted by Crippen LogP contribution is 2.31. The lowest BCUT2D eigenvalue weighted by Crippen LogP contribution is -2.40. The summed E-state index contributed by atoms with van der Waals surface area (Å²) < 4.78 is 5.41. The standard InChI is InChI=1S/C25H33N3O2/c1-18(26)24(20-7-5-8-20)27-21-14-12-19(13-15-21)17-28(22-9-3-2-4-10-22)25(29)23-11-6-16-30-23/h6,11-16,18,22,27H,2-5,7-10,17,26H2,1H3. The van der Waals surface area contributed by atoms with Crippen molar-refractivity contribution in [3.63, 3.8) is 0 Å². The van der Waals surface area contributed by atoms with Crippen LogP contribution in [0.5, 0.6) is 0 Å². The molecular weight excluding hydrogens is 374 g/mol. The Bertz CT molecular complexity index is 856. The van der Waals surface area contributed by atoms with Gasteiger partial charge in [0, 0.05) is 30.0 Å². The number of hydrogen-bond donors (Lipinski definition) is 2. The van der Waals surface area contributed by atoms with Crippen molar-refractivity contribution < 1.29 is 9.21 Å². The first-order valence-corrected chi connectivity index (χ1v) is 11.3. The molecule has 1 unspecified atom stereocenters. The van der Waals surface area contributed by atoms with Crippen molar-refractivity contribution in [3.8, 4) is 0 Å². The van der Waals surface area contributed by atoms with Gasteiger partial charge < -0.3 is 20.4 Å².